The summed E-state index contributed by atoms with van der Waals surface area (Å²) in [7, 11) is 0. The highest BCUT2D eigenvalue weighted by Crippen LogP contribution is 2.20. The van der Waals surface area contributed by atoms with Gasteiger partial charge in [0.15, 0.2) is 0 Å². The highest BCUT2D eigenvalue weighted by atomic mass is 15.1. The van der Waals surface area contributed by atoms with Crippen molar-refractivity contribution in [2.45, 2.75) is 46.0 Å². The minimum absolute atomic E-state index is 0.248. The molecule has 0 aliphatic carbocycles. The Hall–Kier alpha value is -1.42. The minimum atomic E-state index is -0.248. The maximum Gasteiger partial charge on any atom is 0.0683 e. The Labute approximate surface area is 98.0 Å². The van der Waals surface area contributed by atoms with E-state index in [2.05, 4.69) is 22.4 Å². The summed E-state index contributed by atoms with van der Waals surface area (Å²) in [4.78, 5) is 0. The van der Waals surface area contributed by atoms with E-state index in [1.165, 1.54) is 0 Å². The second-order valence-electron chi connectivity index (χ2n) is 4.44. The van der Waals surface area contributed by atoms with Crippen LogP contribution in [0.4, 0.5) is 0 Å². The van der Waals surface area contributed by atoms with Crippen molar-refractivity contribution in [2.24, 2.45) is 15.6 Å². The zero-order chi connectivity index (χ0) is 12.3. The summed E-state index contributed by atoms with van der Waals surface area (Å²) in [5, 5.41) is 25.2. The summed E-state index contributed by atoms with van der Waals surface area (Å²) < 4.78 is 0. The van der Waals surface area contributed by atoms with Crippen LogP contribution in [0.3, 0.4) is 0 Å². The molecule has 0 heterocycles. The van der Waals surface area contributed by atoms with Gasteiger partial charge in [0.1, 0.15) is 0 Å². The molecule has 0 amide bonds. The third kappa shape index (κ3) is 9.15. The average Bonchev–Trinajstić information content (AvgIpc) is 2.27. The summed E-state index contributed by atoms with van der Waals surface area (Å²) in [5.41, 5.74) is -0.248. The fourth-order valence-corrected chi connectivity index (χ4v) is 1.18. The van der Waals surface area contributed by atoms with Gasteiger partial charge in [-0.1, -0.05) is 0 Å². The van der Waals surface area contributed by atoms with Crippen LogP contribution in [0.25, 0.3) is 0 Å². The molecule has 0 aliphatic heterocycles. The molecule has 0 bridgehead atoms. The number of azo groups is 1. The molecule has 88 valence electrons. The van der Waals surface area contributed by atoms with Gasteiger partial charge in [-0.05, 0) is 39.5 Å². The maximum absolute atomic E-state index is 8.79. The smallest absolute Gasteiger partial charge is 0.0683 e. The van der Waals surface area contributed by atoms with E-state index in [0.717, 1.165) is 25.7 Å². The molecule has 0 unspecified atom stereocenters. The van der Waals surface area contributed by atoms with E-state index >= 15 is 0 Å². The standard InChI is InChI=1S/C12H20N4/c1-12(2,11-14)7-6-10-16-15-9-5-3-4-8-13/h3-7,9-10H2,1-2H3. The van der Waals surface area contributed by atoms with Gasteiger partial charge in [-0.3, -0.25) is 0 Å². The Balaban J connectivity index is 3.36. The number of nitriles is 2. The molecule has 0 fully saturated rings. The number of hydrogen-bond acceptors (Lipinski definition) is 4. The Kier molecular flexibility index (Phi) is 8.07. The van der Waals surface area contributed by atoms with E-state index in [-0.39, 0.29) is 5.41 Å². The highest BCUT2D eigenvalue weighted by molar-refractivity contribution is 4.91. The molecule has 16 heavy (non-hydrogen) atoms. The lowest BCUT2D eigenvalue weighted by Gasteiger charge is -2.12. The first-order chi connectivity index (χ1) is 7.62. The first kappa shape index (κ1) is 14.6. The lowest BCUT2D eigenvalue weighted by molar-refractivity contribution is 0.436. The van der Waals surface area contributed by atoms with Crippen LogP contribution in [-0.2, 0) is 0 Å². The molecule has 0 aromatic rings. The van der Waals surface area contributed by atoms with E-state index in [1.807, 2.05) is 13.8 Å². The van der Waals surface area contributed by atoms with Crippen LogP contribution in [-0.4, -0.2) is 13.1 Å². The van der Waals surface area contributed by atoms with Crippen molar-refractivity contribution in [3.8, 4) is 12.1 Å². The first-order valence-corrected chi connectivity index (χ1v) is 5.74. The summed E-state index contributed by atoms with van der Waals surface area (Å²) in [6.07, 6.45) is 4.20. The molecule has 0 aromatic heterocycles. The van der Waals surface area contributed by atoms with Crippen molar-refractivity contribution < 1.29 is 0 Å². The fraction of sp³-hybridized carbons (Fsp3) is 0.833. The van der Waals surface area contributed by atoms with Crippen LogP contribution in [0.15, 0.2) is 10.2 Å². The van der Waals surface area contributed by atoms with Gasteiger partial charge >= 0.3 is 0 Å². The molecule has 4 nitrogen and oxygen atoms in total. The summed E-state index contributed by atoms with van der Waals surface area (Å²) in [6.45, 7) is 5.28. The highest BCUT2D eigenvalue weighted by Gasteiger charge is 2.14. The van der Waals surface area contributed by atoms with Gasteiger partial charge in [0.2, 0.25) is 0 Å². The van der Waals surface area contributed by atoms with E-state index in [9.17, 15) is 0 Å². The SMILES string of the molecule is CC(C)(C#N)CCCN=NCCCCC#N. The Morgan fingerprint density at radius 1 is 1.00 bits per heavy atom. The summed E-state index contributed by atoms with van der Waals surface area (Å²) in [5.74, 6) is 0. The van der Waals surface area contributed by atoms with Crippen LogP contribution in [0.1, 0.15) is 46.0 Å². The molecule has 0 saturated carbocycles. The molecule has 0 aliphatic rings. The van der Waals surface area contributed by atoms with Crippen LogP contribution in [0.5, 0.6) is 0 Å². The molecular formula is C12H20N4. The number of rotatable bonds is 8. The van der Waals surface area contributed by atoms with Gasteiger partial charge in [0.05, 0.1) is 30.6 Å². The number of unbranched alkanes of at least 4 members (excludes halogenated alkanes) is 2. The van der Waals surface area contributed by atoms with Gasteiger partial charge in [0, 0.05) is 6.42 Å². The zero-order valence-electron chi connectivity index (χ0n) is 10.2. The first-order valence-electron chi connectivity index (χ1n) is 5.74. The average molecular weight is 220 g/mol. The van der Waals surface area contributed by atoms with Crippen molar-refractivity contribution in [3.63, 3.8) is 0 Å². The van der Waals surface area contributed by atoms with Crippen molar-refractivity contribution in [3.05, 3.63) is 0 Å². The van der Waals surface area contributed by atoms with Gasteiger partial charge in [-0.25, -0.2) is 0 Å². The summed E-state index contributed by atoms with van der Waals surface area (Å²) >= 11 is 0. The monoisotopic (exact) mass is 220 g/mol. The molecule has 0 aromatic carbocycles. The van der Waals surface area contributed by atoms with E-state index in [0.29, 0.717) is 19.5 Å². The molecule has 0 atom stereocenters. The topological polar surface area (TPSA) is 72.3 Å². The Morgan fingerprint density at radius 3 is 2.19 bits per heavy atom. The van der Waals surface area contributed by atoms with Gasteiger partial charge in [0.25, 0.3) is 0 Å². The third-order valence-corrected chi connectivity index (χ3v) is 2.26. The second kappa shape index (κ2) is 8.85. The molecule has 0 saturated heterocycles. The van der Waals surface area contributed by atoms with Gasteiger partial charge in [-0.2, -0.15) is 20.8 Å². The fourth-order valence-electron chi connectivity index (χ4n) is 1.18. The molecule has 0 N–H and O–H groups in total. The quantitative estimate of drug-likeness (QED) is 0.464. The third-order valence-electron chi connectivity index (χ3n) is 2.26. The second-order valence-corrected chi connectivity index (χ2v) is 4.44. The van der Waals surface area contributed by atoms with Crippen molar-refractivity contribution in [1.82, 2.24) is 0 Å². The van der Waals surface area contributed by atoms with Gasteiger partial charge < -0.3 is 0 Å². The molecule has 0 radical (unpaired) electrons. The number of hydrogen-bond donors (Lipinski definition) is 0. The molecular weight excluding hydrogens is 200 g/mol. The Bertz CT molecular complexity index is 280. The van der Waals surface area contributed by atoms with Crippen molar-refractivity contribution in [2.75, 3.05) is 13.1 Å². The van der Waals surface area contributed by atoms with Gasteiger partial charge in [-0.15, -0.1) is 0 Å². The molecule has 4 heteroatoms. The van der Waals surface area contributed by atoms with Crippen LogP contribution in [0, 0.1) is 28.1 Å². The predicted molar refractivity (Wildman–Crippen MR) is 62.7 cm³/mol. The zero-order valence-corrected chi connectivity index (χ0v) is 10.2. The van der Waals surface area contributed by atoms with Crippen molar-refractivity contribution in [1.29, 1.82) is 10.5 Å². The van der Waals surface area contributed by atoms with Crippen LogP contribution < -0.4 is 0 Å². The van der Waals surface area contributed by atoms with Crippen molar-refractivity contribution >= 4 is 0 Å². The van der Waals surface area contributed by atoms with Crippen LogP contribution in [0.2, 0.25) is 0 Å². The lowest BCUT2D eigenvalue weighted by atomic mass is 9.90. The van der Waals surface area contributed by atoms with E-state index in [1.54, 1.807) is 0 Å². The minimum Gasteiger partial charge on any atom is -0.198 e. The predicted octanol–water partition coefficient (Wildman–Crippen LogP) is 3.46. The number of nitrogens with zero attached hydrogens (tertiary/aromatic N) is 4. The largest absolute Gasteiger partial charge is 0.198 e. The summed E-state index contributed by atoms with van der Waals surface area (Å²) in [6, 6.07) is 4.36. The van der Waals surface area contributed by atoms with E-state index < -0.39 is 0 Å². The Morgan fingerprint density at radius 2 is 1.62 bits per heavy atom. The lowest BCUT2D eigenvalue weighted by Crippen LogP contribution is -2.07. The van der Waals surface area contributed by atoms with E-state index in [4.69, 9.17) is 10.5 Å². The molecule has 0 rings (SSSR count). The normalized spacial score (nSPS) is 11.2. The maximum atomic E-state index is 8.79. The molecule has 0 spiro atoms. The van der Waals surface area contributed by atoms with Crippen LogP contribution >= 0.6 is 0 Å².